The highest BCUT2D eigenvalue weighted by Gasteiger charge is 2.10. The van der Waals surface area contributed by atoms with E-state index in [9.17, 15) is 0 Å². The Hall–Kier alpha value is -1.03. The average Bonchev–Trinajstić information content (AvgIpc) is 2.04. The number of methoxy groups -OCH3 is 1. The van der Waals surface area contributed by atoms with Gasteiger partial charge in [0, 0.05) is 11.8 Å². The summed E-state index contributed by atoms with van der Waals surface area (Å²) in [6, 6.07) is 0. The largest absolute Gasteiger partial charge is 0.482 e. The maximum atomic E-state index is 5.45. The molecule has 0 unspecified atom stereocenters. The summed E-state index contributed by atoms with van der Waals surface area (Å²) in [5.41, 5.74) is 6.43. The van der Waals surface area contributed by atoms with Gasteiger partial charge in [0.25, 0.3) is 0 Å². The number of nitrogens with two attached hydrogens (primary N) is 1. The van der Waals surface area contributed by atoms with Gasteiger partial charge < -0.3 is 15.4 Å². The van der Waals surface area contributed by atoms with Crippen LogP contribution in [0, 0.1) is 0 Å². The Balaban J connectivity index is 2.71. The van der Waals surface area contributed by atoms with Crippen molar-refractivity contribution >= 4 is 5.71 Å². The molecule has 1 aliphatic heterocycles. The molecular weight excluding hydrogens is 142 g/mol. The number of nitrogens with zero attached hydrogens (tertiary/aromatic N) is 2. The third kappa shape index (κ3) is 1.71. The van der Waals surface area contributed by atoms with Crippen molar-refractivity contribution < 1.29 is 4.74 Å². The van der Waals surface area contributed by atoms with Crippen LogP contribution in [0.2, 0.25) is 0 Å². The first-order valence-corrected chi connectivity index (χ1v) is 3.49. The molecule has 4 heteroatoms. The van der Waals surface area contributed by atoms with E-state index in [1.807, 2.05) is 17.9 Å². The Morgan fingerprint density at radius 3 is 3.09 bits per heavy atom. The van der Waals surface area contributed by atoms with Gasteiger partial charge >= 0.3 is 0 Å². The first kappa shape index (κ1) is 8.07. The zero-order valence-electron chi connectivity index (χ0n) is 6.87. The van der Waals surface area contributed by atoms with Gasteiger partial charge in [-0.05, 0) is 6.92 Å². The lowest BCUT2D eigenvalue weighted by Crippen LogP contribution is -2.33. The maximum Gasteiger partial charge on any atom is 0.193 e. The lowest BCUT2D eigenvalue weighted by molar-refractivity contribution is 0.156. The van der Waals surface area contributed by atoms with Crippen LogP contribution < -0.4 is 5.73 Å². The second-order valence-corrected chi connectivity index (χ2v) is 2.35. The summed E-state index contributed by atoms with van der Waals surface area (Å²) >= 11 is 0. The third-order valence-corrected chi connectivity index (χ3v) is 1.56. The van der Waals surface area contributed by atoms with Crippen LogP contribution in [0.5, 0.6) is 0 Å². The Labute approximate surface area is 66.3 Å². The molecule has 1 heterocycles. The van der Waals surface area contributed by atoms with Crippen molar-refractivity contribution in [2.24, 2.45) is 10.7 Å². The zero-order valence-corrected chi connectivity index (χ0v) is 6.87. The third-order valence-electron chi connectivity index (χ3n) is 1.56. The van der Waals surface area contributed by atoms with Crippen LogP contribution in [0.3, 0.4) is 0 Å². The molecule has 11 heavy (non-hydrogen) atoms. The summed E-state index contributed by atoms with van der Waals surface area (Å²) in [5.74, 6) is 0.792. The SMILES string of the molecule is COC1=CC(C)=NCN1CN. The predicted octanol–water partition coefficient (Wildman–Crippen LogP) is 0.124. The van der Waals surface area contributed by atoms with Gasteiger partial charge in [-0.15, -0.1) is 0 Å². The lowest BCUT2D eigenvalue weighted by atomic mass is 10.3. The van der Waals surface area contributed by atoms with Crippen molar-refractivity contribution in [2.45, 2.75) is 6.92 Å². The van der Waals surface area contributed by atoms with Crippen LogP contribution in [0.1, 0.15) is 6.92 Å². The molecule has 0 aromatic heterocycles. The monoisotopic (exact) mass is 155 g/mol. The number of hydrogen-bond acceptors (Lipinski definition) is 4. The van der Waals surface area contributed by atoms with Gasteiger partial charge in [-0.3, -0.25) is 4.99 Å². The smallest absolute Gasteiger partial charge is 0.193 e. The quantitative estimate of drug-likeness (QED) is 0.616. The van der Waals surface area contributed by atoms with Gasteiger partial charge in [0.1, 0.15) is 6.67 Å². The number of allylic oxidation sites excluding steroid dienone is 1. The highest BCUT2D eigenvalue weighted by molar-refractivity contribution is 5.93. The fraction of sp³-hybridized carbons (Fsp3) is 0.571. The van der Waals surface area contributed by atoms with Crippen molar-refractivity contribution in [3.05, 3.63) is 12.0 Å². The van der Waals surface area contributed by atoms with E-state index >= 15 is 0 Å². The van der Waals surface area contributed by atoms with Crippen molar-refractivity contribution in [3.63, 3.8) is 0 Å². The Morgan fingerprint density at radius 1 is 1.82 bits per heavy atom. The van der Waals surface area contributed by atoms with Crippen LogP contribution in [0.25, 0.3) is 0 Å². The van der Waals surface area contributed by atoms with Crippen LogP contribution in [-0.2, 0) is 4.74 Å². The topological polar surface area (TPSA) is 50.8 Å². The Kier molecular flexibility index (Phi) is 2.48. The maximum absolute atomic E-state index is 5.45. The molecule has 0 saturated heterocycles. The van der Waals surface area contributed by atoms with Gasteiger partial charge in [-0.2, -0.15) is 0 Å². The van der Waals surface area contributed by atoms with Crippen molar-refractivity contribution in [3.8, 4) is 0 Å². The first-order valence-electron chi connectivity index (χ1n) is 3.49. The van der Waals surface area contributed by atoms with Crippen molar-refractivity contribution in [2.75, 3.05) is 20.4 Å². The minimum absolute atomic E-state index is 0.441. The summed E-state index contributed by atoms with van der Waals surface area (Å²) in [5, 5.41) is 0. The Bertz CT molecular complexity index is 198. The van der Waals surface area contributed by atoms with Crippen LogP contribution in [-0.4, -0.2) is 31.1 Å². The summed E-state index contributed by atoms with van der Waals surface area (Å²) < 4.78 is 5.09. The number of rotatable bonds is 2. The molecule has 0 bridgehead atoms. The standard InChI is InChI=1S/C7H13N3O/c1-6-3-7(11-2)10(4-8)5-9-6/h3H,4-5,8H2,1-2H3. The first-order chi connectivity index (χ1) is 5.27. The van der Waals surface area contributed by atoms with Crippen LogP contribution in [0.15, 0.2) is 17.0 Å². The molecule has 0 amide bonds. The molecule has 0 saturated carbocycles. The van der Waals surface area contributed by atoms with Gasteiger partial charge in [0.05, 0.1) is 13.8 Å². The number of aliphatic imine (C=N–C) groups is 1. The molecule has 2 N–H and O–H groups in total. The molecule has 0 aliphatic carbocycles. The molecule has 0 aromatic carbocycles. The summed E-state index contributed by atoms with van der Waals surface area (Å²) in [6.45, 7) is 2.98. The van der Waals surface area contributed by atoms with E-state index in [0.29, 0.717) is 13.3 Å². The highest BCUT2D eigenvalue weighted by atomic mass is 16.5. The van der Waals surface area contributed by atoms with E-state index in [2.05, 4.69) is 4.99 Å². The van der Waals surface area contributed by atoms with Crippen LogP contribution in [0.4, 0.5) is 0 Å². The lowest BCUT2D eigenvalue weighted by Gasteiger charge is -2.25. The average molecular weight is 155 g/mol. The van der Waals surface area contributed by atoms with Crippen LogP contribution >= 0.6 is 0 Å². The minimum Gasteiger partial charge on any atom is -0.482 e. The zero-order chi connectivity index (χ0) is 8.27. The molecule has 0 fully saturated rings. The summed E-state index contributed by atoms with van der Waals surface area (Å²) in [7, 11) is 1.63. The molecule has 0 atom stereocenters. The Morgan fingerprint density at radius 2 is 2.55 bits per heavy atom. The van der Waals surface area contributed by atoms with Gasteiger partial charge in [0.15, 0.2) is 5.88 Å². The summed E-state index contributed by atoms with van der Waals surface area (Å²) in [4.78, 5) is 6.04. The number of ether oxygens (including phenoxy) is 1. The molecule has 1 aliphatic rings. The second-order valence-electron chi connectivity index (χ2n) is 2.35. The van der Waals surface area contributed by atoms with Gasteiger partial charge in [-0.1, -0.05) is 0 Å². The molecule has 0 spiro atoms. The fourth-order valence-corrected chi connectivity index (χ4v) is 0.918. The van der Waals surface area contributed by atoms with E-state index in [1.165, 1.54) is 0 Å². The van der Waals surface area contributed by atoms with E-state index in [0.717, 1.165) is 11.6 Å². The van der Waals surface area contributed by atoms with E-state index in [1.54, 1.807) is 7.11 Å². The fourth-order valence-electron chi connectivity index (χ4n) is 0.918. The van der Waals surface area contributed by atoms with Crippen molar-refractivity contribution in [1.82, 2.24) is 4.90 Å². The predicted molar refractivity (Wildman–Crippen MR) is 44.0 cm³/mol. The molecule has 0 radical (unpaired) electrons. The van der Waals surface area contributed by atoms with E-state index in [-0.39, 0.29) is 0 Å². The highest BCUT2D eigenvalue weighted by Crippen LogP contribution is 2.08. The minimum atomic E-state index is 0.441. The molecule has 62 valence electrons. The normalized spacial score (nSPS) is 17.5. The molecule has 0 aromatic rings. The molecule has 1 rings (SSSR count). The molecular formula is C7H13N3O. The second kappa shape index (κ2) is 3.39. The van der Waals surface area contributed by atoms with Crippen molar-refractivity contribution in [1.29, 1.82) is 0 Å². The number of hydrogen-bond donors (Lipinski definition) is 1. The van der Waals surface area contributed by atoms with E-state index < -0.39 is 0 Å². The van der Waals surface area contributed by atoms with Gasteiger partial charge in [0.2, 0.25) is 0 Å². The summed E-state index contributed by atoms with van der Waals surface area (Å²) in [6.07, 6.45) is 1.87. The molecule has 4 nitrogen and oxygen atoms in total. The van der Waals surface area contributed by atoms with E-state index in [4.69, 9.17) is 10.5 Å². The van der Waals surface area contributed by atoms with Gasteiger partial charge in [-0.25, -0.2) is 0 Å².